The van der Waals surface area contributed by atoms with Crippen LogP contribution in [0, 0.1) is 11.7 Å². The van der Waals surface area contributed by atoms with Gasteiger partial charge in [-0.2, -0.15) is 13.2 Å². The first-order valence-corrected chi connectivity index (χ1v) is 13.9. The minimum Gasteiger partial charge on any atom is -0.493 e. The quantitative estimate of drug-likeness (QED) is 0.388. The van der Waals surface area contributed by atoms with E-state index < -0.39 is 38.2 Å². The van der Waals surface area contributed by atoms with Crippen LogP contribution in [-0.2, 0) is 15.9 Å². The number of carbonyl (C=O) groups excluding carboxylic acids is 1. The van der Waals surface area contributed by atoms with Gasteiger partial charge in [0.1, 0.15) is 17.4 Å². The van der Waals surface area contributed by atoms with Crippen LogP contribution >= 0.6 is 11.6 Å². The number of pyridine rings is 1. The van der Waals surface area contributed by atoms with Crippen molar-refractivity contribution in [3.63, 3.8) is 0 Å². The Morgan fingerprint density at radius 3 is 2.50 bits per heavy atom. The van der Waals surface area contributed by atoms with Gasteiger partial charge >= 0.3 is 6.18 Å². The Morgan fingerprint density at radius 1 is 1.25 bits per heavy atom. The molecule has 1 aliphatic carbocycles. The number of amides is 1. The average molecular weight is 548 g/mol. The maximum Gasteiger partial charge on any atom is 0.418 e. The molecule has 0 radical (unpaired) electrons. The summed E-state index contributed by atoms with van der Waals surface area (Å²) in [5, 5.41) is -0.439. The summed E-state index contributed by atoms with van der Waals surface area (Å²) in [5.74, 6) is 2.66. The predicted molar refractivity (Wildman–Crippen MR) is 132 cm³/mol. The average Bonchev–Trinajstić information content (AvgIpc) is 3.62. The molecule has 0 spiro atoms. The van der Waals surface area contributed by atoms with Crippen LogP contribution in [0.15, 0.2) is 24.4 Å². The van der Waals surface area contributed by atoms with Gasteiger partial charge in [-0.1, -0.05) is 11.6 Å². The lowest BCUT2D eigenvalue weighted by molar-refractivity contribution is -0.137. The Balaban J connectivity index is 1.40. The minimum absolute atomic E-state index is 0.115. The van der Waals surface area contributed by atoms with Crippen LogP contribution < -0.4 is 14.4 Å². The van der Waals surface area contributed by atoms with Crippen LogP contribution in [0.5, 0.6) is 5.75 Å². The molecular formula is C24H26ClF4N3O3S. The second-order valence-corrected chi connectivity index (χ2v) is 12.0. The van der Waals surface area contributed by atoms with Crippen molar-refractivity contribution in [1.29, 1.82) is 0 Å². The molecule has 12 heteroatoms. The Bertz CT molecular complexity index is 1260. The van der Waals surface area contributed by atoms with E-state index in [1.54, 1.807) is 4.90 Å². The molecule has 1 unspecified atom stereocenters. The van der Waals surface area contributed by atoms with Crippen LogP contribution in [0.2, 0.25) is 5.02 Å². The van der Waals surface area contributed by atoms with Crippen LogP contribution in [0.4, 0.5) is 23.4 Å². The number of anilines is 1. The number of nitrogens with one attached hydrogen (secondary N) is 1. The van der Waals surface area contributed by atoms with Gasteiger partial charge in [0.05, 0.1) is 22.8 Å². The molecule has 2 aromatic rings. The van der Waals surface area contributed by atoms with E-state index in [4.69, 9.17) is 16.3 Å². The smallest absolute Gasteiger partial charge is 0.418 e. The number of piperidine rings is 1. The zero-order valence-corrected chi connectivity index (χ0v) is 21.1. The molecule has 1 aliphatic heterocycles. The van der Waals surface area contributed by atoms with Gasteiger partial charge in [-0.15, -0.1) is 0 Å². The molecule has 1 aromatic carbocycles. The number of hydrogen-bond acceptors (Lipinski definition) is 5. The molecule has 2 aliphatic rings. The van der Waals surface area contributed by atoms with Gasteiger partial charge in [0.15, 0.2) is 0 Å². The van der Waals surface area contributed by atoms with Crippen LogP contribution in [-0.4, -0.2) is 46.9 Å². The summed E-state index contributed by atoms with van der Waals surface area (Å²) in [5.41, 5.74) is -0.386. The van der Waals surface area contributed by atoms with E-state index in [1.165, 1.54) is 18.4 Å². The first-order valence-electron chi connectivity index (χ1n) is 11.4. The Hall–Kier alpha value is -2.53. The first kappa shape index (κ1) is 26.5. The van der Waals surface area contributed by atoms with Crippen molar-refractivity contribution in [2.45, 2.75) is 37.8 Å². The molecule has 196 valence electrons. The number of nitrogens with zero attached hydrogens (tertiary/aromatic N) is 2. The number of ether oxygens (including phenoxy) is 1. The fourth-order valence-corrected chi connectivity index (χ4v) is 4.90. The van der Waals surface area contributed by atoms with E-state index in [-0.39, 0.29) is 23.2 Å². The monoisotopic (exact) mass is 547 g/mol. The van der Waals surface area contributed by atoms with Crippen molar-refractivity contribution in [3.8, 4) is 5.75 Å². The summed E-state index contributed by atoms with van der Waals surface area (Å²) in [6.07, 6.45) is 0.817. The van der Waals surface area contributed by atoms with Gasteiger partial charge in [-0.25, -0.2) is 13.6 Å². The van der Waals surface area contributed by atoms with Gasteiger partial charge in [-0.3, -0.25) is 9.52 Å². The van der Waals surface area contributed by atoms with E-state index >= 15 is 0 Å². The van der Waals surface area contributed by atoms with E-state index in [9.17, 15) is 26.6 Å². The highest BCUT2D eigenvalue weighted by atomic mass is 35.5. The zero-order chi connectivity index (χ0) is 26.3. The number of aromatic nitrogens is 1. The molecule has 6 nitrogen and oxygen atoms in total. The molecule has 4 rings (SSSR count). The Morgan fingerprint density at radius 2 is 1.92 bits per heavy atom. The van der Waals surface area contributed by atoms with Gasteiger partial charge in [0, 0.05) is 41.3 Å². The van der Waals surface area contributed by atoms with E-state index in [0.717, 1.165) is 30.7 Å². The molecule has 1 saturated heterocycles. The largest absolute Gasteiger partial charge is 0.493 e. The lowest BCUT2D eigenvalue weighted by Crippen LogP contribution is -2.36. The fourth-order valence-electron chi connectivity index (χ4n) is 4.19. The number of halogens is 5. The number of hydrogen-bond donors (Lipinski definition) is 1. The number of alkyl halides is 3. The number of rotatable bonds is 7. The number of benzene rings is 1. The maximum atomic E-state index is 14.7. The van der Waals surface area contributed by atoms with Gasteiger partial charge in [0.25, 0.3) is 5.91 Å². The molecule has 1 aromatic heterocycles. The van der Waals surface area contributed by atoms with E-state index in [2.05, 4.69) is 15.6 Å². The highest BCUT2D eigenvalue weighted by Crippen LogP contribution is 2.45. The SMILES string of the molecule is C=S(C)(=O)NC(=O)c1cc(C2CC2)c(OCC2CCN(c3cc(C(F)(F)F)c(Cl)cn3)CC2)cc1F. The second-order valence-electron chi connectivity index (χ2n) is 9.34. The Kier molecular flexibility index (Phi) is 7.43. The van der Waals surface area contributed by atoms with Gasteiger partial charge in [0.2, 0.25) is 0 Å². The van der Waals surface area contributed by atoms with Crippen LogP contribution in [0.3, 0.4) is 0 Å². The predicted octanol–water partition coefficient (Wildman–Crippen LogP) is 5.06. The van der Waals surface area contributed by atoms with E-state index in [0.29, 0.717) is 38.3 Å². The highest BCUT2D eigenvalue weighted by Gasteiger charge is 2.35. The fraction of sp³-hybridized carbons (Fsp3) is 0.458. The summed E-state index contributed by atoms with van der Waals surface area (Å²) in [6.45, 7) is 1.29. The molecule has 2 fully saturated rings. The van der Waals surface area contributed by atoms with Gasteiger partial charge in [-0.05, 0) is 61.1 Å². The third-order valence-electron chi connectivity index (χ3n) is 6.23. The summed E-state index contributed by atoms with van der Waals surface area (Å²) >= 11 is 5.67. The zero-order valence-electron chi connectivity index (χ0n) is 19.5. The molecule has 1 N–H and O–H groups in total. The normalized spacial score (nSPS) is 18.6. The van der Waals surface area contributed by atoms with Crippen molar-refractivity contribution in [2.24, 2.45) is 5.92 Å². The van der Waals surface area contributed by atoms with Crippen molar-refractivity contribution in [1.82, 2.24) is 9.71 Å². The summed E-state index contributed by atoms with van der Waals surface area (Å²) in [7, 11) is -2.85. The third kappa shape index (κ3) is 6.42. The highest BCUT2D eigenvalue weighted by molar-refractivity contribution is 7.98. The molecule has 0 bridgehead atoms. The summed E-state index contributed by atoms with van der Waals surface area (Å²) in [6, 6.07) is 3.61. The standard InChI is InChI=1S/C24H26ClF4N3O3S/c1-36(2,34)31-23(33)17-9-16(15-3-4-15)21(11-20(17)26)35-13-14-5-7-32(8-6-14)22-10-18(24(27,28)29)19(25)12-30-22/h9-12,14-15H,1,3-8,13H2,2H3,(H,31,33,34). The lowest BCUT2D eigenvalue weighted by Gasteiger charge is -2.33. The minimum atomic E-state index is -4.56. The summed E-state index contributed by atoms with van der Waals surface area (Å²) in [4.78, 5) is 18.2. The van der Waals surface area contributed by atoms with Gasteiger partial charge < -0.3 is 9.64 Å². The van der Waals surface area contributed by atoms with Crippen molar-refractivity contribution in [2.75, 3.05) is 30.9 Å². The van der Waals surface area contributed by atoms with E-state index in [1.807, 2.05) is 0 Å². The van der Waals surface area contributed by atoms with Crippen LogP contribution in [0.1, 0.15) is 53.1 Å². The second kappa shape index (κ2) is 10.1. The molecule has 1 saturated carbocycles. The number of carbonyl (C=O) groups is 1. The molecule has 36 heavy (non-hydrogen) atoms. The van der Waals surface area contributed by atoms with Crippen LogP contribution in [0.25, 0.3) is 0 Å². The lowest BCUT2D eigenvalue weighted by atomic mass is 9.97. The molecule has 1 atom stereocenters. The molecule has 1 amide bonds. The van der Waals surface area contributed by atoms with Crippen molar-refractivity contribution >= 4 is 38.9 Å². The Labute approximate surface area is 212 Å². The van der Waals surface area contributed by atoms with Crippen molar-refractivity contribution < 1.29 is 31.3 Å². The topological polar surface area (TPSA) is 71.5 Å². The molecular weight excluding hydrogens is 522 g/mol. The first-order chi connectivity index (χ1) is 16.8. The summed E-state index contributed by atoms with van der Waals surface area (Å²) < 4.78 is 74.2. The van der Waals surface area contributed by atoms with Crippen molar-refractivity contribution in [3.05, 3.63) is 51.9 Å². The maximum absolute atomic E-state index is 14.7. The molecule has 2 heterocycles. The third-order valence-corrected chi connectivity index (χ3v) is 7.15.